The second-order valence-electron chi connectivity index (χ2n) is 9.16. The van der Waals surface area contributed by atoms with Crippen LogP contribution in [0.5, 0.6) is 0 Å². The molecule has 196 valence electrons. The van der Waals surface area contributed by atoms with Crippen LogP contribution in [0.25, 0.3) is 0 Å². The number of amides is 3. The van der Waals surface area contributed by atoms with Crippen LogP contribution in [0.4, 0.5) is 13.6 Å². The number of likely N-dealkylation sites (N-methyl/N-ethyl adjacent to an activating group) is 1. The maximum atomic E-state index is 13.6. The van der Waals surface area contributed by atoms with Crippen LogP contribution >= 0.6 is 0 Å². The van der Waals surface area contributed by atoms with Crippen molar-refractivity contribution in [2.24, 2.45) is 0 Å². The quantitative estimate of drug-likeness (QED) is 0.601. The molecule has 4 rings (SSSR count). The molecule has 0 aromatic heterocycles. The smallest absolute Gasteiger partial charge is 0.338 e. The van der Waals surface area contributed by atoms with Crippen LogP contribution in [-0.4, -0.2) is 78.5 Å². The van der Waals surface area contributed by atoms with Gasteiger partial charge in [0, 0.05) is 50.5 Å². The van der Waals surface area contributed by atoms with E-state index in [1.807, 2.05) is 6.92 Å². The van der Waals surface area contributed by atoms with E-state index in [2.05, 4.69) is 10.2 Å². The van der Waals surface area contributed by atoms with Gasteiger partial charge in [-0.05, 0) is 55.8 Å². The fraction of sp³-hybridized carbons (Fsp3) is 0.370. The molecule has 2 aliphatic heterocycles. The SMILES string of the molecule is CCOC(=O)C1=C(CN2CCN(C(=O)c3ccc(F)cc3)[C@H](C)C2)N(C)C(=O)N[C@H]1c1ccc(F)cc1. The number of carbonyl (C=O) groups excluding carboxylic acids is 3. The number of esters is 1. The monoisotopic (exact) mass is 512 g/mol. The summed E-state index contributed by atoms with van der Waals surface area (Å²) in [7, 11) is 1.59. The molecule has 0 aliphatic carbocycles. The Balaban J connectivity index is 1.59. The van der Waals surface area contributed by atoms with E-state index in [4.69, 9.17) is 4.74 Å². The van der Waals surface area contributed by atoms with Crippen molar-refractivity contribution >= 4 is 17.9 Å². The van der Waals surface area contributed by atoms with Gasteiger partial charge in [0.2, 0.25) is 0 Å². The highest BCUT2D eigenvalue weighted by atomic mass is 19.1. The highest BCUT2D eigenvalue weighted by Crippen LogP contribution is 2.32. The van der Waals surface area contributed by atoms with Gasteiger partial charge in [-0.25, -0.2) is 18.4 Å². The molecule has 2 aliphatic rings. The third kappa shape index (κ3) is 5.64. The molecule has 2 aromatic carbocycles. The van der Waals surface area contributed by atoms with Gasteiger partial charge in [0.05, 0.1) is 18.2 Å². The number of rotatable bonds is 6. The maximum Gasteiger partial charge on any atom is 0.338 e. The molecule has 0 spiro atoms. The number of urea groups is 1. The molecule has 2 heterocycles. The highest BCUT2D eigenvalue weighted by Gasteiger charge is 2.38. The van der Waals surface area contributed by atoms with Gasteiger partial charge >= 0.3 is 12.0 Å². The number of halogens is 2. The minimum atomic E-state index is -0.794. The number of benzene rings is 2. The van der Waals surface area contributed by atoms with Crippen molar-refractivity contribution in [2.45, 2.75) is 25.9 Å². The fourth-order valence-corrected chi connectivity index (χ4v) is 4.75. The summed E-state index contributed by atoms with van der Waals surface area (Å²) in [4.78, 5) is 44.2. The van der Waals surface area contributed by atoms with Crippen LogP contribution in [0, 0.1) is 11.6 Å². The molecule has 0 radical (unpaired) electrons. The summed E-state index contributed by atoms with van der Waals surface area (Å²) >= 11 is 0. The summed E-state index contributed by atoms with van der Waals surface area (Å²) < 4.78 is 32.2. The van der Waals surface area contributed by atoms with E-state index >= 15 is 0 Å². The Labute approximate surface area is 214 Å². The number of hydrogen-bond acceptors (Lipinski definition) is 5. The summed E-state index contributed by atoms with van der Waals surface area (Å²) in [5, 5.41) is 2.82. The van der Waals surface area contributed by atoms with E-state index in [1.54, 1.807) is 18.9 Å². The Bertz CT molecular complexity index is 1200. The zero-order chi connectivity index (χ0) is 26.7. The lowest BCUT2D eigenvalue weighted by molar-refractivity contribution is -0.139. The van der Waals surface area contributed by atoms with E-state index in [0.29, 0.717) is 36.5 Å². The second kappa shape index (κ2) is 11.1. The summed E-state index contributed by atoms with van der Waals surface area (Å²) in [5.74, 6) is -1.56. The molecule has 0 unspecified atom stereocenters. The van der Waals surface area contributed by atoms with Crippen molar-refractivity contribution in [3.63, 3.8) is 0 Å². The van der Waals surface area contributed by atoms with Crippen molar-refractivity contribution < 1.29 is 27.9 Å². The normalized spacial score (nSPS) is 20.6. The Hall–Kier alpha value is -3.79. The topological polar surface area (TPSA) is 82.2 Å². The zero-order valence-corrected chi connectivity index (χ0v) is 21.0. The van der Waals surface area contributed by atoms with Crippen molar-refractivity contribution in [1.29, 1.82) is 0 Å². The number of nitrogens with zero attached hydrogens (tertiary/aromatic N) is 3. The standard InChI is InChI=1S/C27H30F2N4O4/c1-4-37-26(35)23-22(31(3)27(36)30-24(23)18-5-9-20(28)10-6-18)16-32-13-14-33(17(2)15-32)25(34)19-7-11-21(29)12-8-19/h5-12,17,24H,4,13-16H2,1-3H3,(H,30,36)/t17-,24+/m1/s1. The Morgan fingerprint density at radius 2 is 1.65 bits per heavy atom. The summed E-state index contributed by atoms with van der Waals surface area (Å²) in [6, 6.07) is 9.74. The van der Waals surface area contributed by atoms with Gasteiger partial charge in [-0.2, -0.15) is 0 Å². The second-order valence-corrected chi connectivity index (χ2v) is 9.16. The lowest BCUT2D eigenvalue weighted by Crippen LogP contribution is -2.56. The largest absolute Gasteiger partial charge is 0.463 e. The first-order valence-corrected chi connectivity index (χ1v) is 12.2. The van der Waals surface area contributed by atoms with Crippen molar-refractivity contribution in [1.82, 2.24) is 20.0 Å². The number of hydrogen-bond donors (Lipinski definition) is 1. The predicted octanol–water partition coefficient (Wildman–Crippen LogP) is 3.32. The van der Waals surface area contributed by atoms with E-state index in [-0.39, 0.29) is 30.7 Å². The molecular formula is C27H30F2N4O4. The molecule has 0 saturated carbocycles. The molecule has 3 amide bonds. The van der Waals surface area contributed by atoms with Crippen molar-refractivity contribution in [2.75, 3.05) is 39.8 Å². The van der Waals surface area contributed by atoms with Crippen LogP contribution in [-0.2, 0) is 9.53 Å². The van der Waals surface area contributed by atoms with Crippen LogP contribution in [0.2, 0.25) is 0 Å². The predicted molar refractivity (Wildman–Crippen MR) is 132 cm³/mol. The number of piperazine rings is 1. The van der Waals surface area contributed by atoms with Crippen LogP contribution in [0.1, 0.15) is 35.8 Å². The first kappa shape index (κ1) is 26.3. The minimum absolute atomic E-state index is 0.157. The molecule has 2 atom stereocenters. The van der Waals surface area contributed by atoms with Gasteiger partial charge in [0.1, 0.15) is 11.6 Å². The summed E-state index contributed by atoms with van der Waals surface area (Å²) in [5.41, 5.74) is 1.75. The molecule has 2 aromatic rings. The van der Waals surface area contributed by atoms with Gasteiger partial charge in [-0.1, -0.05) is 12.1 Å². The van der Waals surface area contributed by atoms with Gasteiger partial charge in [0.25, 0.3) is 5.91 Å². The first-order chi connectivity index (χ1) is 17.7. The van der Waals surface area contributed by atoms with Gasteiger partial charge in [0.15, 0.2) is 0 Å². The number of carbonyl (C=O) groups is 3. The zero-order valence-electron chi connectivity index (χ0n) is 21.0. The van der Waals surface area contributed by atoms with Crippen LogP contribution < -0.4 is 5.32 Å². The highest BCUT2D eigenvalue weighted by molar-refractivity contribution is 5.95. The average Bonchev–Trinajstić information content (AvgIpc) is 2.87. The van der Waals surface area contributed by atoms with Crippen molar-refractivity contribution in [3.05, 3.63) is 82.6 Å². The minimum Gasteiger partial charge on any atom is -0.463 e. The Morgan fingerprint density at radius 3 is 2.24 bits per heavy atom. The third-order valence-corrected chi connectivity index (χ3v) is 6.71. The molecule has 37 heavy (non-hydrogen) atoms. The summed E-state index contributed by atoms with van der Waals surface area (Å²) in [6.07, 6.45) is 0. The van der Waals surface area contributed by atoms with E-state index in [0.717, 1.165) is 0 Å². The molecule has 0 bridgehead atoms. The Kier molecular flexibility index (Phi) is 7.87. The molecule has 10 heteroatoms. The number of ether oxygens (including phenoxy) is 1. The molecule has 1 fully saturated rings. The van der Waals surface area contributed by atoms with E-state index in [9.17, 15) is 23.2 Å². The molecule has 1 N–H and O–H groups in total. The van der Waals surface area contributed by atoms with Crippen LogP contribution in [0.3, 0.4) is 0 Å². The first-order valence-electron chi connectivity index (χ1n) is 12.2. The number of nitrogens with one attached hydrogen (secondary N) is 1. The fourth-order valence-electron chi connectivity index (χ4n) is 4.75. The Morgan fingerprint density at radius 1 is 1.03 bits per heavy atom. The third-order valence-electron chi connectivity index (χ3n) is 6.71. The van der Waals surface area contributed by atoms with E-state index < -0.39 is 29.7 Å². The van der Waals surface area contributed by atoms with Gasteiger partial charge in [-0.15, -0.1) is 0 Å². The molecule has 1 saturated heterocycles. The lowest BCUT2D eigenvalue weighted by atomic mass is 9.94. The van der Waals surface area contributed by atoms with Gasteiger partial charge < -0.3 is 15.0 Å². The van der Waals surface area contributed by atoms with Crippen molar-refractivity contribution in [3.8, 4) is 0 Å². The molecule has 8 nitrogen and oxygen atoms in total. The van der Waals surface area contributed by atoms with Gasteiger partial charge in [-0.3, -0.25) is 14.6 Å². The molecular weight excluding hydrogens is 482 g/mol. The maximum absolute atomic E-state index is 13.6. The lowest BCUT2D eigenvalue weighted by Gasteiger charge is -2.42. The van der Waals surface area contributed by atoms with Crippen LogP contribution in [0.15, 0.2) is 59.8 Å². The average molecular weight is 513 g/mol. The van der Waals surface area contributed by atoms with E-state index in [1.165, 1.54) is 53.4 Å². The summed E-state index contributed by atoms with van der Waals surface area (Å²) in [6.45, 7) is 5.50.